The number of aromatic nitrogens is 1. The van der Waals surface area contributed by atoms with Crippen molar-refractivity contribution in [3.8, 4) is 0 Å². The molecule has 0 spiro atoms. The summed E-state index contributed by atoms with van der Waals surface area (Å²) in [4.78, 5) is 9.68. The van der Waals surface area contributed by atoms with Crippen molar-refractivity contribution < 1.29 is 13.8 Å². The molecule has 130 valence electrons. The first-order valence-electron chi connectivity index (χ1n) is 8.45. The second kappa shape index (κ2) is 7.72. The van der Waals surface area contributed by atoms with Gasteiger partial charge in [0.05, 0.1) is 5.52 Å². The number of fused-ring (bicyclic) bond motifs is 1. The van der Waals surface area contributed by atoms with Gasteiger partial charge in [-0.15, -0.1) is 0 Å². The monoisotopic (exact) mass is 354 g/mol. The van der Waals surface area contributed by atoms with Gasteiger partial charge in [0.2, 0.25) is 0 Å². The van der Waals surface area contributed by atoms with Crippen LogP contribution in [0, 0.1) is 0 Å². The number of piperazine rings is 1. The molecular formula is C20H23ClN4. The molecule has 0 aliphatic carbocycles. The van der Waals surface area contributed by atoms with Crippen LogP contribution in [0.1, 0.15) is 6.99 Å². The third kappa shape index (κ3) is 4.03. The minimum atomic E-state index is 0. The molecule has 2 heterocycles. The maximum Gasteiger partial charge on any atom is 1.00 e. The number of anilines is 2. The van der Waals surface area contributed by atoms with Gasteiger partial charge in [0, 0.05) is 43.8 Å². The van der Waals surface area contributed by atoms with Crippen molar-refractivity contribution in [3.63, 3.8) is 0 Å². The number of hydrogen-bond donors (Lipinski definition) is 1. The van der Waals surface area contributed by atoms with E-state index in [2.05, 4.69) is 52.3 Å². The molecule has 1 saturated heterocycles. The van der Waals surface area contributed by atoms with Crippen LogP contribution < -0.4 is 23.0 Å². The van der Waals surface area contributed by atoms with Crippen LogP contribution in [0.5, 0.6) is 0 Å². The predicted molar refractivity (Wildman–Crippen MR) is 101 cm³/mol. The zero-order chi connectivity index (χ0) is 16.4. The van der Waals surface area contributed by atoms with Crippen molar-refractivity contribution in [2.45, 2.75) is 6.54 Å². The first-order valence-corrected chi connectivity index (χ1v) is 8.45. The van der Waals surface area contributed by atoms with Crippen LogP contribution >= 0.6 is 0 Å². The van der Waals surface area contributed by atoms with Gasteiger partial charge in [-0.25, -0.2) is 4.98 Å². The van der Waals surface area contributed by atoms with Gasteiger partial charge in [0.15, 0.2) is 0 Å². The molecular weight excluding hydrogens is 332 g/mol. The second-order valence-electron chi connectivity index (χ2n) is 6.37. The second-order valence-corrected chi connectivity index (χ2v) is 6.37. The van der Waals surface area contributed by atoms with E-state index >= 15 is 0 Å². The Kier molecular flexibility index (Phi) is 5.41. The minimum absolute atomic E-state index is 0. The van der Waals surface area contributed by atoms with Crippen molar-refractivity contribution in [3.05, 3.63) is 66.2 Å². The summed E-state index contributed by atoms with van der Waals surface area (Å²) in [5, 5.41) is 1.20. The summed E-state index contributed by atoms with van der Waals surface area (Å²) >= 11 is 0. The maximum atomic E-state index is 5.75. The predicted octanol–water partition coefficient (Wildman–Crippen LogP) is 0.256. The number of nitrogen functional groups attached to an aromatic ring is 1. The molecule has 0 bridgehead atoms. The van der Waals surface area contributed by atoms with E-state index in [0.717, 1.165) is 49.7 Å². The molecule has 5 heteroatoms. The van der Waals surface area contributed by atoms with E-state index in [4.69, 9.17) is 10.7 Å². The van der Waals surface area contributed by atoms with Crippen LogP contribution in [-0.2, 0) is 6.54 Å². The van der Waals surface area contributed by atoms with Crippen LogP contribution in [0.25, 0.3) is 10.9 Å². The van der Waals surface area contributed by atoms with Gasteiger partial charge in [-0.1, -0.05) is 30.3 Å². The Balaban J connectivity index is 0.00000121. The summed E-state index contributed by atoms with van der Waals surface area (Å²) in [6, 6.07) is 20.8. The Hall–Kier alpha value is -2.30. The van der Waals surface area contributed by atoms with E-state index in [1.165, 1.54) is 10.9 Å². The normalized spacial score (nSPS) is 15.1. The van der Waals surface area contributed by atoms with Crippen LogP contribution in [0.15, 0.2) is 60.7 Å². The smallest absolute Gasteiger partial charge is 1.00 e. The summed E-state index contributed by atoms with van der Waals surface area (Å²) in [5.74, 6) is 1.08. The number of benzene rings is 2. The van der Waals surface area contributed by atoms with Crippen molar-refractivity contribution in [1.29, 1.82) is 0 Å². The highest BCUT2D eigenvalue weighted by atomic mass is 35.5. The fourth-order valence-electron chi connectivity index (χ4n) is 3.25. The summed E-state index contributed by atoms with van der Waals surface area (Å²) < 4.78 is 0. The number of rotatable bonds is 3. The number of hydrogen-bond acceptors (Lipinski definition) is 4. The molecule has 0 saturated carbocycles. The maximum absolute atomic E-state index is 5.75. The van der Waals surface area contributed by atoms with E-state index in [-0.39, 0.29) is 13.8 Å². The lowest BCUT2D eigenvalue weighted by molar-refractivity contribution is -0.00000486. The lowest BCUT2D eigenvalue weighted by atomic mass is 10.2. The molecule has 1 aliphatic heterocycles. The van der Waals surface area contributed by atoms with Crippen LogP contribution in [0.4, 0.5) is 11.5 Å². The van der Waals surface area contributed by atoms with Gasteiger partial charge >= 0.3 is 1.43 Å². The average molecular weight is 355 g/mol. The lowest BCUT2D eigenvalue weighted by Gasteiger charge is -2.35. The Labute approximate surface area is 156 Å². The third-order valence-corrected chi connectivity index (χ3v) is 4.67. The average Bonchev–Trinajstić information content (AvgIpc) is 2.64. The quantitative estimate of drug-likeness (QED) is 0.685. The highest BCUT2D eigenvalue weighted by Gasteiger charge is 2.18. The van der Waals surface area contributed by atoms with Gasteiger partial charge in [-0.05, 0) is 35.9 Å². The number of nitrogens with two attached hydrogens (primary N) is 1. The largest absolute Gasteiger partial charge is 1.00 e. The molecule has 4 rings (SSSR count). The summed E-state index contributed by atoms with van der Waals surface area (Å²) in [6.45, 7) is 5.12. The van der Waals surface area contributed by atoms with Crippen molar-refractivity contribution in [1.82, 2.24) is 9.88 Å². The Morgan fingerprint density at radius 1 is 0.880 bits per heavy atom. The summed E-state index contributed by atoms with van der Waals surface area (Å²) in [5.41, 5.74) is 8.97. The third-order valence-electron chi connectivity index (χ3n) is 4.67. The first-order chi connectivity index (χ1) is 11.8. The molecule has 3 aromatic rings. The van der Waals surface area contributed by atoms with E-state index in [1.807, 2.05) is 18.2 Å². The van der Waals surface area contributed by atoms with Crippen molar-refractivity contribution >= 4 is 22.4 Å². The van der Waals surface area contributed by atoms with E-state index in [0.29, 0.717) is 0 Å². The van der Waals surface area contributed by atoms with E-state index in [9.17, 15) is 0 Å². The number of para-hydroxylation sites is 1. The minimum Gasteiger partial charge on any atom is -1.00 e. The number of pyridine rings is 1. The summed E-state index contributed by atoms with van der Waals surface area (Å²) in [6.07, 6.45) is 0. The highest BCUT2D eigenvalue weighted by molar-refractivity contribution is 5.80. The highest BCUT2D eigenvalue weighted by Crippen LogP contribution is 2.20. The van der Waals surface area contributed by atoms with Gasteiger partial charge < -0.3 is 23.0 Å². The standard InChI is InChI=1S/C20H22N4.ClH/c21-18-8-5-16(6-9-18)15-23-11-13-24(14-12-23)20-10-7-17-3-1-2-4-19(17)22-20;/h1-10H,11-15,21H2;1H. The van der Waals surface area contributed by atoms with Crippen molar-refractivity contribution in [2.75, 3.05) is 36.8 Å². The summed E-state index contributed by atoms with van der Waals surface area (Å²) in [7, 11) is 0. The molecule has 1 aliphatic rings. The van der Waals surface area contributed by atoms with E-state index in [1.54, 1.807) is 0 Å². The Morgan fingerprint density at radius 2 is 1.60 bits per heavy atom. The molecule has 4 nitrogen and oxygen atoms in total. The Morgan fingerprint density at radius 3 is 2.36 bits per heavy atom. The molecule has 0 unspecified atom stereocenters. The zero-order valence-corrected chi connectivity index (χ0v) is 14.9. The van der Waals surface area contributed by atoms with Crippen LogP contribution in [0.3, 0.4) is 0 Å². The SMILES string of the molecule is Nc1ccc(CN2CCN(c3ccc4ccccc4n3)CC2)cc1.[Cl-].[H+]. The molecule has 2 aromatic carbocycles. The van der Waals surface area contributed by atoms with Crippen molar-refractivity contribution in [2.24, 2.45) is 0 Å². The van der Waals surface area contributed by atoms with Gasteiger partial charge in [0.1, 0.15) is 5.82 Å². The van der Waals surface area contributed by atoms with Crippen LogP contribution in [0.2, 0.25) is 0 Å². The van der Waals surface area contributed by atoms with Gasteiger partial charge in [0.25, 0.3) is 0 Å². The number of halogens is 1. The molecule has 0 atom stereocenters. The molecule has 25 heavy (non-hydrogen) atoms. The molecule has 1 fully saturated rings. The van der Waals surface area contributed by atoms with E-state index < -0.39 is 0 Å². The lowest BCUT2D eigenvalue weighted by Crippen LogP contribution is -3.00. The molecule has 2 N–H and O–H groups in total. The number of nitrogens with zero attached hydrogens (tertiary/aromatic N) is 3. The fraction of sp³-hybridized carbons (Fsp3) is 0.250. The van der Waals surface area contributed by atoms with Crippen LogP contribution in [-0.4, -0.2) is 36.1 Å². The molecule has 0 amide bonds. The topological polar surface area (TPSA) is 45.4 Å². The van der Waals surface area contributed by atoms with Gasteiger partial charge in [-0.3, -0.25) is 4.90 Å². The van der Waals surface area contributed by atoms with Gasteiger partial charge in [-0.2, -0.15) is 0 Å². The first kappa shape index (κ1) is 17.5. The fourth-order valence-corrected chi connectivity index (χ4v) is 3.25. The zero-order valence-electron chi connectivity index (χ0n) is 15.1. The Bertz CT molecular complexity index is 833. The molecule has 0 radical (unpaired) electrons. The molecule has 1 aromatic heterocycles.